The number of nitrogens with two attached hydrogens (primary N) is 1. The fraction of sp³-hybridized carbons (Fsp3) is 0.385. The summed E-state index contributed by atoms with van der Waals surface area (Å²) in [5.74, 6) is 0. The van der Waals surface area contributed by atoms with Gasteiger partial charge in [-0.05, 0) is 31.0 Å². The van der Waals surface area contributed by atoms with Crippen LogP contribution in [0.25, 0.3) is 0 Å². The predicted octanol–water partition coefficient (Wildman–Crippen LogP) is 3.24. The maximum Gasteiger partial charge on any atom is 0.0656 e. The van der Waals surface area contributed by atoms with Gasteiger partial charge in [-0.1, -0.05) is 17.7 Å². The van der Waals surface area contributed by atoms with Crippen molar-refractivity contribution in [3.05, 3.63) is 35.4 Å². The molecule has 1 aromatic rings. The summed E-state index contributed by atoms with van der Waals surface area (Å²) in [6.45, 7) is 7.75. The van der Waals surface area contributed by atoms with Crippen molar-refractivity contribution in [2.45, 2.75) is 13.3 Å². The first-order valence-electron chi connectivity index (χ1n) is 5.63. The number of anilines is 2. The van der Waals surface area contributed by atoms with Crippen molar-refractivity contribution in [1.29, 1.82) is 0 Å². The molecule has 0 atom stereocenters. The molecule has 3 N–H and O–H groups in total. The quantitative estimate of drug-likeness (QED) is 0.446. The number of nitrogen functional groups attached to an aromatic ring is 1. The first-order chi connectivity index (χ1) is 8.15. The summed E-state index contributed by atoms with van der Waals surface area (Å²) >= 11 is 5.96. The molecule has 0 saturated carbocycles. The van der Waals surface area contributed by atoms with Gasteiger partial charge in [0.2, 0.25) is 0 Å². The normalized spacial score (nSPS) is 10.2. The lowest BCUT2D eigenvalue weighted by Crippen LogP contribution is -2.10. The molecule has 0 aliphatic heterocycles. The topological polar surface area (TPSA) is 47.3 Å². The maximum atomic E-state index is 5.96. The molecule has 0 aliphatic carbocycles. The van der Waals surface area contributed by atoms with Crippen LogP contribution < -0.4 is 11.1 Å². The molecule has 0 bridgehead atoms. The van der Waals surface area contributed by atoms with Crippen molar-refractivity contribution in [1.82, 2.24) is 0 Å². The van der Waals surface area contributed by atoms with E-state index in [2.05, 4.69) is 11.9 Å². The van der Waals surface area contributed by atoms with Crippen molar-refractivity contribution in [3.8, 4) is 0 Å². The predicted molar refractivity (Wildman–Crippen MR) is 74.7 cm³/mol. The molecular weight excluding hydrogens is 236 g/mol. The summed E-state index contributed by atoms with van der Waals surface area (Å²) in [5.41, 5.74) is 8.39. The van der Waals surface area contributed by atoms with Crippen molar-refractivity contribution >= 4 is 23.0 Å². The van der Waals surface area contributed by atoms with Crippen LogP contribution in [0.5, 0.6) is 0 Å². The highest BCUT2D eigenvalue weighted by Crippen LogP contribution is 2.26. The van der Waals surface area contributed by atoms with Gasteiger partial charge in [0.25, 0.3) is 0 Å². The molecule has 3 nitrogen and oxygen atoms in total. The van der Waals surface area contributed by atoms with Gasteiger partial charge in [0.05, 0.1) is 23.9 Å². The van der Waals surface area contributed by atoms with E-state index in [0.29, 0.717) is 23.9 Å². The van der Waals surface area contributed by atoms with Crippen molar-refractivity contribution in [2.75, 3.05) is 30.8 Å². The summed E-state index contributed by atoms with van der Waals surface area (Å²) in [7, 11) is 0. The summed E-state index contributed by atoms with van der Waals surface area (Å²) < 4.78 is 5.40. The van der Waals surface area contributed by atoms with Gasteiger partial charge in [0.15, 0.2) is 0 Å². The Labute approximate surface area is 108 Å². The molecule has 1 rings (SSSR count). The Hall–Kier alpha value is -1.19. The third-order valence-electron chi connectivity index (χ3n) is 2.37. The molecule has 0 aliphatic rings. The SMILES string of the molecule is C=CCCOCCNc1cc(Cl)c(N)cc1C. The van der Waals surface area contributed by atoms with Crippen LogP contribution in [-0.4, -0.2) is 19.8 Å². The van der Waals surface area contributed by atoms with E-state index in [0.717, 1.165) is 24.2 Å². The molecule has 4 heteroatoms. The number of benzene rings is 1. The van der Waals surface area contributed by atoms with Crippen LogP contribution in [0.15, 0.2) is 24.8 Å². The molecular formula is C13H19ClN2O. The highest BCUT2D eigenvalue weighted by atomic mass is 35.5. The zero-order valence-corrected chi connectivity index (χ0v) is 10.9. The van der Waals surface area contributed by atoms with Gasteiger partial charge in [-0.3, -0.25) is 0 Å². The van der Waals surface area contributed by atoms with E-state index in [1.165, 1.54) is 0 Å². The lowest BCUT2D eigenvalue weighted by molar-refractivity contribution is 0.149. The van der Waals surface area contributed by atoms with E-state index in [4.69, 9.17) is 22.1 Å². The molecule has 17 heavy (non-hydrogen) atoms. The second-order valence-electron chi connectivity index (χ2n) is 3.81. The smallest absolute Gasteiger partial charge is 0.0656 e. The van der Waals surface area contributed by atoms with E-state index in [1.807, 2.05) is 25.1 Å². The third kappa shape index (κ3) is 4.67. The highest BCUT2D eigenvalue weighted by Gasteiger charge is 2.02. The van der Waals surface area contributed by atoms with Crippen LogP contribution >= 0.6 is 11.6 Å². The summed E-state index contributed by atoms with van der Waals surface area (Å²) in [6.07, 6.45) is 2.73. The Balaban J connectivity index is 2.36. The molecule has 0 amide bonds. The van der Waals surface area contributed by atoms with Gasteiger partial charge in [-0.15, -0.1) is 6.58 Å². The highest BCUT2D eigenvalue weighted by molar-refractivity contribution is 6.33. The van der Waals surface area contributed by atoms with E-state index >= 15 is 0 Å². The minimum Gasteiger partial charge on any atom is -0.398 e. The number of ether oxygens (including phenoxy) is 1. The lowest BCUT2D eigenvalue weighted by Gasteiger charge is -2.11. The Morgan fingerprint density at radius 1 is 1.47 bits per heavy atom. The molecule has 0 aromatic heterocycles. The molecule has 0 fully saturated rings. The average Bonchev–Trinajstić information content (AvgIpc) is 2.30. The molecule has 94 valence electrons. The van der Waals surface area contributed by atoms with Crippen LogP contribution in [0.3, 0.4) is 0 Å². The van der Waals surface area contributed by atoms with Crippen LogP contribution in [0.4, 0.5) is 11.4 Å². The zero-order valence-electron chi connectivity index (χ0n) is 10.1. The van der Waals surface area contributed by atoms with Crippen molar-refractivity contribution in [3.63, 3.8) is 0 Å². The molecule has 0 radical (unpaired) electrons. The van der Waals surface area contributed by atoms with Crippen LogP contribution in [-0.2, 0) is 4.74 Å². The van der Waals surface area contributed by atoms with Crippen LogP contribution in [0, 0.1) is 6.92 Å². The number of halogens is 1. The number of aryl methyl sites for hydroxylation is 1. The van der Waals surface area contributed by atoms with E-state index in [1.54, 1.807) is 0 Å². The van der Waals surface area contributed by atoms with Gasteiger partial charge < -0.3 is 15.8 Å². The molecule has 1 aromatic carbocycles. The summed E-state index contributed by atoms with van der Waals surface area (Å²) in [5, 5.41) is 3.84. The molecule has 0 heterocycles. The largest absolute Gasteiger partial charge is 0.398 e. The maximum absolute atomic E-state index is 5.96. The standard InChI is InChI=1S/C13H19ClN2O/c1-3-4-6-17-7-5-16-13-9-11(14)12(15)8-10(13)2/h3,8-9,16H,1,4-7,15H2,2H3. The van der Waals surface area contributed by atoms with E-state index < -0.39 is 0 Å². The minimum atomic E-state index is 0.575. The Bertz CT molecular complexity index is 380. The number of rotatable bonds is 7. The van der Waals surface area contributed by atoms with Gasteiger partial charge in [-0.2, -0.15) is 0 Å². The number of hydrogen-bond donors (Lipinski definition) is 2. The zero-order chi connectivity index (χ0) is 12.7. The minimum absolute atomic E-state index is 0.575. The number of hydrogen-bond acceptors (Lipinski definition) is 3. The Morgan fingerprint density at radius 3 is 2.94 bits per heavy atom. The Kier molecular flexibility index (Phi) is 5.87. The fourth-order valence-corrected chi connectivity index (χ4v) is 1.58. The lowest BCUT2D eigenvalue weighted by atomic mass is 10.2. The monoisotopic (exact) mass is 254 g/mol. The fourth-order valence-electron chi connectivity index (χ4n) is 1.42. The molecule has 0 spiro atoms. The van der Waals surface area contributed by atoms with E-state index in [9.17, 15) is 0 Å². The van der Waals surface area contributed by atoms with Gasteiger partial charge >= 0.3 is 0 Å². The number of nitrogens with one attached hydrogen (secondary N) is 1. The van der Waals surface area contributed by atoms with Crippen molar-refractivity contribution < 1.29 is 4.74 Å². The van der Waals surface area contributed by atoms with Gasteiger partial charge in [0, 0.05) is 12.2 Å². The Morgan fingerprint density at radius 2 is 2.24 bits per heavy atom. The van der Waals surface area contributed by atoms with Crippen LogP contribution in [0.2, 0.25) is 5.02 Å². The first-order valence-corrected chi connectivity index (χ1v) is 6.01. The van der Waals surface area contributed by atoms with Gasteiger partial charge in [0.1, 0.15) is 0 Å². The van der Waals surface area contributed by atoms with E-state index in [-0.39, 0.29) is 0 Å². The average molecular weight is 255 g/mol. The summed E-state index contributed by atoms with van der Waals surface area (Å²) in [6, 6.07) is 3.71. The summed E-state index contributed by atoms with van der Waals surface area (Å²) in [4.78, 5) is 0. The van der Waals surface area contributed by atoms with Crippen molar-refractivity contribution in [2.24, 2.45) is 0 Å². The van der Waals surface area contributed by atoms with Crippen LogP contribution in [0.1, 0.15) is 12.0 Å². The first kappa shape index (κ1) is 13.9. The molecule has 0 unspecified atom stereocenters. The second-order valence-corrected chi connectivity index (χ2v) is 4.21. The molecule has 0 saturated heterocycles. The van der Waals surface area contributed by atoms with Gasteiger partial charge in [-0.25, -0.2) is 0 Å². The third-order valence-corrected chi connectivity index (χ3v) is 2.70. The second kappa shape index (κ2) is 7.20.